The number of aromatic hydroxyl groups is 1. The molecule has 0 aliphatic carbocycles. The number of nitrogens with one attached hydrogen (secondary N) is 1. The molecule has 2 N–H and O–H groups in total. The van der Waals surface area contributed by atoms with Crippen molar-refractivity contribution in [2.75, 3.05) is 25.2 Å². The average Bonchev–Trinajstić information content (AvgIpc) is 3.09. The fraction of sp³-hybridized carbons (Fsp3) is 0.444. The van der Waals surface area contributed by atoms with Crippen molar-refractivity contribution in [3.63, 3.8) is 0 Å². The highest BCUT2D eigenvalue weighted by Gasteiger charge is 2.50. The first kappa shape index (κ1) is 22.1. The van der Waals surface area contributed by atoms with Crippen molar-refractivity contribution < 1.29 is 14.6 Å². The van der Waals surface area contributed by atoms with Crippen molar-refractivity contribution in [3.8, 4) is 39.8 Å². The molecule has 0 spiro atoms. The molecule has 5 heterocycles. The van der Waals surface area contributed by atoms with E-state index in [9.17, 15) is 5.11 Å². The molecule has 8 nitrogen and oxygen atoms in total. The second-order valence-corrected chi connectivity index (χ2v) is 10.6. The Kier molecular flexibility index (Phi) is 5.11. The van der Waals surface area contributed by atoms with E-state index in [2.05, 4.69) is 39.2 Å². The highest BCUT2D eigenvalue weighted by molar-refractivity contribution is 5.75. The number of ether oxygens (including phenoxy) is 2. The molecule has 0 saturated carbocycles. The van der Waals surface area contributed by atoms with Crippen LogP contribution < -0.4 is 19.7 Å². The zero-order chi connectivity index (χ0) is 24.2. The van der Waals surface area contributed by atoms with Crippen molar-refractivity contribution in [2.45, 2.75) is 56.7 Å². The Balaban J connectivity index is 1.29. The first-order chi connectivity index (χ1) is 16.8. The second-order valence-electron chi connectivity index (χ2n) is 10.6. The maximum atomic E-state index is 10.8. The van der Waals surface area contributed by atoms with E-state index in [1.807, 2.05) is 30.3 Å². The summed E-state index contributed by atoms with van der Waals surface area (Å²) in [5, 5.41) is 23.8. The number of methoxy groups -OCH3 is 1. The second kappa shape index (κ2) is 8.09. The van der Waals surface area contributed by atoms with Crippen molar-refractivity contribution in [1.29, 1.82) is 0 Å². The van der Waals surface area contributed by atoms with Crippen LogP contribution in [0.15, 0.2) is 42.6 Å². The molecule has 2 fully saturated rings. The van der Waals surface area contributed by atoms with Gasteiger partial charge in [0.25, 0.3) is 0 Å². The molecule has 1 aromatic carbocycles. The molecule has 6 rings (SSSR count). The number of nitrogens with zero attached hydrogens (tertiary/aromatic N) is 4. The van der Waals surface area contributed by atoms with Crippen molar-refractivity contribution >= 4 is 5.82 Å². The summed E-state index contributed by atoms with van der Waals surface area (Å²) in [6.45, 7) is 6.11. The lowest BCUT2D eigenvalue weighted by Gasteiger charge is -2.47. The van der Waals surface area contributed by atoms with Gasteiger partial charge in [-0.25, -0.2) is 4.98 Å². The summed E-state index contributed by atoms with van der Waals surface area (Å²) >= 11 is 0. The number of aromatic nitrogens is 3. The molecular weight excluding hydrogens is 442 g/mol. The smallest absolute Gasteiger partial charge is 0.213 e. The van der Waals surface area contributed by atoms with Gasteiger partial charge >= 0.3 is 0 Å². The third-order valence-electron chi connectivity index (χ3n) is 7.80. The Morgan fingerprint density at radius 3 is 2.57 bits per heavy atom. The Morgan fingerprint density at radius 2 is 1.83 bits per heavy atom. The highest BCUT2D eigenvalue weighted by Crippen LogP contribution is 2.46. The van der Waals surface area contributed by atoms with Gasteiger partial charge in [0.15, 0.2) is 11.6 Å². The molecule has 35 heavy (non-hydrogen) atoms. The lowest BCUT2D eigenvalue weighted by Crippen LogP contribution is -2.59. The van der Waals surface area contributed by atoms with Gasteiger partial charge in [0, 0.05) is 41.0 Å². The molecule has 0 amide bonds. The van der Waals surface area contributed by atoms with Gasteiger partial charge in [0.05, 0.1) is 13.7 Å². The van der Waals surface area contributed by atoms with Gasteiger partial charge in [-0.2, -0.15) is 0 Å². The van der Waals surface area contributed by atoms with E-state index in [4.69, 9.17) is 9.47 Å². The van der Waals surface area contributed by atoms with Crippen LogP contribution in [0.2, 0.25) is 0 Å². The van der Waals surface area contributed by atoms with E-state index in [0.717, 1.165) is 42.1 Å². The van der Waals surface area contributed by atoms with Gasteiger partial charge in [-0.1, -0.05) is 6.07 Å². The van der Waals surface area contributed by atoms with Crippen LogP contribution in [0.1, 0.15) is 39.5 Å². The molecule has 3 aliphatic rings. The number of hydrogen-bond acceptors (Lipinski definition) is 8. The minimum atomic E-state index is 0.135. The Labute approximate surface area is 205 Å². The summed E-state index contributed by atoms with van der Waals surface area (Å²) in [6, 6.07) is 11.6. The number of hydrogen-bond donors (Lipinski definition) is 2. The Bertz CT molecular complexity index is 1270. The minimum absolute atomic E-state index is 0.135. The predicted octanol–water partition coefficient (Wildman–Crippen LogP) is 4.18. The Morgan fingerprint density at radius 1 is 1.06 bits per heavy atom. The first-order valence-corrected chi connectivity index (χ1v) is 12.3. The number of rotatable bonds is 4. The number of pyridine rings is 1. The third kappa shape index (κ3) is 3.95. The molecule has 3 aliphatic heterocycles. The van der Waals surface area contributed by atoms with Gasteiger partial charge in [-0.3, -0.25) is 0 Å². The quantitative estimate of drug-likeness (QED) is 0.583. The highest BCUT2D eigenvalue weighted by atomic mass is 16.5. The zero-order valence-electron chi connectivity index (χ0n) is 20.4. The minimum Gasteiger partial charge on any atom is -0.507 e. The van der Waals surface area contributed by atoms with Gasteiger partial charge in [-0.05, 0) is 68.9 Å². The topological polar surface area (TPSA) is 92.6 Å². The monoisotopic (exact) mass is 473 g/mol. The van der Waals surface area contributed by atoms with Gasteiger partial charge in [-0.15, -0.1) is 10.2 Å². The number of phenolic OH excluding ortho intramolecular Hbond substituents is 1. The third-order valence-corrected chi connectivity index (χ3v) is 7.80. The van der Waals surface area contributed by atoms with Crippen LogP contribution in [0.5, 0.6) is 17.4 Å². The molecule has 182 valence electrons. The number of anilines is 1. The molecular formula is C27H31N5O3. The summed E-state index contributed by atoms with van der Waals surface area (Å²) in [5.41, 5.74) is 3.33. The summed E-state index contributed by atoms with van der Waals surface area (Å²) < 4.78 is 11.2. The van der Waals surface area contributed by atoms with E-state index in [1.165, 1.54) is 12.8 Å². The maximum absolute atomic E-state index is 10.8. The van der Waals surface area contributed by atoms with E-state index in [1.54, 1.807) is 19.4 Å². The zero-order valence-corrected chi connectivity index (χ0v) is 20.4. The van der Waals surface area contributed by atoms with Crippen LogP contribution in [0.4, 0.5) is 5.82 Å². The summed E-state index contributed by atoms with van der Waals surface area (Å²) in [6.07, 6.45) is 6.29. The van der Waals surface area contributed by atoms with Crippen molar-refractivity contribution in [1.82, 2.24) is 20.5 Å². The number of piperidine rings is 1. The van der Waals surface area contributed by atoms with Crippen LogP contribution in [-0.2, 0) is 0 Å². The van der Waals surface area contributed by atoms with Crippen molar-refractivity contribution in [3.05, 3.63) is 42.6 Å². The van der Waals surface area contributed by atoms with E-state index in [-0.39, 0.29) is 16.8 Å². The SMILES string of the molecule is COc1cc(-c2ccc(-c3cc4c(nn3)N([C@H]3C[C@]5(C)CC[C@](C)(C3)N5)CCO4)c(O)c2)ccn1. The standard InChI is InChI=1S/C27H31N5O3/c1-26-7-8-27(2,31-26)16-19(15-26)32-10-11-35-23-14-21(29-30-25(23)32)20-5-4-17(12-22(20)33)18-6-9-28-24(13-18)34-3/h4-6,9,12-14,19,31,33H,7-8,10-11,15-16H2,1-3H3/t19-,26-,27+. The lowest BCUT2D eigenvalue weighted by atomic mass is 9.84. The summed E-state index contributed by atoms with van der Waals surface area (Å²) in [4.78, 5) is 6.53. The maximum Gasteiger partial charge on any atom is 0.213 e. The number of phenols is 1. The molecule has 2 aromatic heterocycles. The Hall–Kier alpha value is -3.39. The van der Waals surface area contributed by atoms with Crippen molar-refractivity contribution in [2.24, 2.45) is 0 Å². The molecule has 2 bridgehead atoms. The molecule has 8 heteroatoms. The lowest BCUT2D eigenvalue weighted by molar-refractivity contribution is 0.194. The van der Waals surface area contributed by atoms with Crippen LogP contribution in [-0.4, -0.2) is 57.7 Å². The molecule has 3 atom stereocenters. The van der Waals surface area contributed by atoms with E-state index < -0.39 is 0 Å². The molecule has 3 aromatic rings. The molecule has 2 saturated heterocycles. The van der Waals surface area contributed by atoms with Gasteiger partial charge in [0.2, 0.25) is 5.88 Å². The molecule has 0 radical (unpaired) electrons. The van der Waals surface area contributed by atoms with Gasteiger partial charge in [0.1, 0.15) is 18.1 Å². The average molecular weight is 474 g/mol. The first-order valence-electron chi connectivity index (χ1n) is 12.3. The number of fused-ring (bicyclic) bond motifs is 3. The van der Waals surface area contributed by atoms with E-state index in [0.29, 0.717) is 29.8 Å². The van der Waals surface area contributed by atoms with Gasteiger partial charge < -0.3 is 24.8 Å². The largest absolute Gasteiger partial charge is 0.507 e. The molecule has 0 unspecified atom stereocenters. The fourth-order valence-electron chi connectivity index (χ4n) is 6.19. The number of benzene rings is 1. The normalized spacial score (nSPS) is 27.3. The van der Waals surface area contributed by atoms with Crippen LogP contribution in [0, 0.1) is 0 Å². The summed E-state index contributed by atoms with van der Waals surface area (Å²) in [5.74, 6) is 2.19. The van der Waals surface area contributed by atoms with Crippen LogP contribution >= 0.6 is 0 Å². The van der Waals surface area contributed by atoms with E-state index >= 15 is 0 Å². The van der Waals surface area contributed by atoms with Crippen LogP contribution in [0.25, 0.3) is 22.4 Å². The predicted molar refractivity (Wildman–Crippen MR) is 134 cm³/mol. The fourth-order valence-corrected chi connectivity index (χ4v) is 6.19. The van der Waals surface area contributed by atoms with Crippen LogP contribution in [0.3, 0.4) is 0 Å². The summed E-state index contributed by atoms with van der Waals surface area (Å²) in [7, 11) is 1.58.